The molecule has 0 aromatic heterocycles. The standard InChI is InChI=1S/C21H34N2O3.C2H2O4/c1-15(2)12-23-10-6-7-17(13-23)21(24)22-18-8-9-19(25-5)20(11-18)26-14-16(3)4;3-1(4)2(5)6/h8-9,11,15-17H,6-7,10,12-14H2,1-5H3,(H,22,24);(H,3,4)(H,5,6). The van der Waals surface area contributed by atoms with Gasteiger partial charge < -0.3 is 29.9 Å². The van der Waals surface area contributed by atoms with Crippen LogP contribution in [0.25, 0.3) is 0 Å². The molecule has 1 aliphatic heterocycles. The Kier molecular flexibility index (Phi) is 11.5. The number of rotatable bonds is 8. The third-order valence-corrected chi connectivity index (χ3v) is 4.69. The van der Waals surface area contributed by atoms with Crippen molar-refractivity contribution in [3.05, 3.63) is 18.2 Å². The number of benzene rings is 1. The number of carboxylic acid groups (broad SMARTS) is 2. The van der Waals surface area contributed by atoms with Crippen LogP contribution in [0.3, 0.4) is 0 Å². The third-order valence-electron chi connectivity index (χ3n) is 4.69. The first-order chi connectivity index (χ1) is 15.0. The van der Waals surface area contributed by atoms with E-state index in [0.29, 0.717) is 29.9 Å². The summed E-state index contributed by atoms with van der Waals surface area (Å²) >= 11 is 0. The highest BCUT2D eigenvalue weighted by atomic mass is 16.5. The number of anilines is 1. The molecular weight excluding hydrogens is 416 g/mol. The van der Waals surface area contributed by atoms with Gasteiger partial charge in [-0.3, -0.25) is 4.79 Å². The van der Waals surface area contributed by atoms with Gasteiger partial charge in [-0.25, -0.2) is 9.59 Å². The second kappa shape index (κ2) is 13.6. The molecule has 1 aromatic carbocycles. The van der Waals surface area contributed by atoms with Crippen LogP contribution in [0.4, 0.5) is 5.69 Å². The summed E-state index contributed by atoms with van der Waals surface area (Å²) in [5.41, 5.74) is 0.760. The number of carbonyl (C=O) groups excluding carboxylic acids is 1. The molecule has 1 fully saturated rings. The van der Waals surface area contributed by atoms with E-state index in [2.05, 4.69) is 37.9 Å². The van der Waals surface area contributed by atoms with E-state index in [1.54, 1.807) is 7.11 Å². The van der Waals surface area contributed by atoms with Crippen molar-refractivity contribution in [3.63, 3.8) is 0 Å². The van der Waals surface area contributed by atoms with Crippen molar-refractivity contribution >= 4 is 23.5 Å². The molecule has 0 spiro atoms. The quantitative estimate of drug-likeness (QED) is 0.514. The van der Waals surface area contributed by atoms with Crippen molar-refractivity contribution in [1.29, 1.82) is 0 Å². The summed E-state index contributed by atoms with van der Waals surface area (Å²) in [4.78, 5) is 33.3. The molecule has 0 bridgehead atoms. The van der Waals surface area contributed by atoms with Gasteiger partial charge in [-0.05, 0) is 43.4 Å². The number of amides is 1. The molecule has 1 saturated heterocycles. The summed E-state index contributed by atoms with van der Waals surface area (Å²) in [5.74, 6) is -1.10. The highest BCUT2D eigenvalue weighted by Crippen LogP contribution is 2.31. The van der Waals surface area contributed by atoms with E-state index in [0.717, 1.165) is 38.2 Å². The molecule has 1 atom stereocenters. The van der Waals surface area contributed by atoms with Gasteiger partial charge in [0.15, 0.2) is 11.5 Å². The molecule has 9 heteroatoms. The molecule has 0 saturated carbocycles. The van der Waals surface area contributed by atoms with Crippen molar-refractivity contribution in [2.75, 3.05) is 38.7 Å². The molecule has 1 aromatic rings. The number of nitrogens with zero attached hydrogens (tertiary/aromatic N) is 1. The minimum atomic E-state index is -1.82. The number of nitrogens with one attached hydrogen (secondary N) is 1. The lowest BCUT2D eigenvalue weighted by molar-refractivity contribution is -0.159. The topological polar surface area (TPSA) is 125 Å². The molecule has 0 aliphatic carbocycles. The lowest BCUT2D eigenvalue weighted by Crippen LogP contribution is -2.42. The maximum atomic E-state index is 12.7. The summed E-state index contributed by atoms with van der Waals surface area (Å²) in [5, 5.41) is 17.8. The predicted octanol–water partition coefficient (Wildman–Crippen LogP) is 3.19. The second-order valence-corrected chi connectivity index (χ2v) is 8.66. The molecule has 0 radical (unpaired) electrons. The Morgan fingerprint density at radius 3 is 2.28 bits per heavy atom. The van der Waals surface area contributed by atoms with Gasteiger partial charge in [0.1, 0.15) is 0 Å². The van der Waals surface area contributed by atoms with E-state index < -0.39 is 11.9 Å². The molecule has 3 N–H and O–H groups in total. The van der Waals surface area contributed by atoms with Gasteiger partial charge in [-0.2, -0.15) is 0 Å². The van der Waals surface area contributed by atoms with Crippen LogP contribution < -0.4 is 14.8 Å². The van der Waals surface area contributed by atoms with E-state index in [1.165, 1.54) is 0 Å². The van der Waals surface area contributed by atoms with Gasteiger partial charge in [0.05, 0.1) is 19.6 Å². The fourth-order valence-corrected chi connectivity index (χ4v) is 3.32. The second-order valence-electron chi connectivity index (χ2n) is 8.66. The van der Waals surface area contributed by atoms with Crippen LogP contribution in [0.15, 0.2) is 18.2 Å². The van der Waals surface area contributed by atoms with Crippen LogP contribution in [-0.4, -0.2) is 66.3 Å². The summed E-state index contributed by atoms with van der Waals surface area (Å²) in [6, 6.07) is 5.57. The average Bonchev–Trinajstić information content (AvgIpc) is 2.72. The first-order valence-corrected chi connectivity index (χ1v) is 10.8. The van der Waals surface area contributed by atoms with E-state index in [-0.39, 0.29) is 11.8 Å². The predicted molar refractivity (Wildman–Crippen MR) is 121 cm³/mol. The van der Waals surface area contributed by atoms with Crippen LogP contribution in [0, 0.1) is 17.8 Å². The number of hydrogen-bond donors (Lipinski definition) is 3. The number of ether oxygens (including phenoxy) is 2. The smallest absolute Gasteiger partial charge is 0.414 e. The number of hydrogen-bond acceptors (Lipinski definition) is 6. The van der Waals surface area contributed by atoms with Crippen molar-refractivity contribution in [3.8, 4) is 11.5 Å². The highest BCUT2D eigenvalue weighted by Gasteiger charge is 2.26. The Balaban J connectivity index is 0.000000751. The van der Waals surface area contributed by atoms with Crippen LogP contribution in [0.5, 0.6) is 11.5 Å². The summed E-state index contributed by atoms with van der Waals surface area (Å²) in [6.07, 6.45) is 2.03. The zero-order chi connectivity index (χ0) is 24.3. The van der Waals surface area contributed by atoms with Gasteiger partial charge in [-0.1, -0.05) is 27.7 Å². The zero-order valence-corrected chi connectivity index (χ0v) is 19.6. The van der Waals surface area contributed by atoms with Gasteiger partial charge >= 0.3 is 11.9 Å². The van der Waals surface area contributed by atoms with Crippen molar-refractivity contribution in [2.24, 2.45) is 17.8 Å². The maximum absolute atomic E-state index is 12.7. The number of carbonyl (C=O) groups is 3. The maximum Gasteiger partial charge on any atom is 0.414 e. The SMILES string of the molecule is COc1ccc(NC(=O)C2CCCN(CC(C)C)C2)cc1OCC(C)C.O=C(O)C(=O)O. The Bertz CT molecular complexity index is 753. The van der Waals surface area contributed by atoms with E-state index in [9.17, 15) is 4.79 Å². The van der Waals surface area contributed by atoms with Crippen LogP contribution in [0.2, 0.25) is 0 Å². The average molecular weight is 453 g/mol. The summed E-state index contributed by atoms with van der Waals surface area (Å²) in [7, 11) is 1.63. The lowest BCUT2D eigenvalue weighted by Gasteiger charge is -2.33. The van der Waals surface area contributed by atoms with Crippen LogP contribution in [-0.2, 0) is 14.4 Å². The Morgan fingerprint density at radius 1 is 1.09 bits per heavy atom. The molecule has 1 unspecified atom stereocenters. The number of piperidine rings is 1. The van der Waals surface area contributed by atoms with Crippen LogP contribution >= 0.6 is 0 Å². The Hall–Kier alpha value is -2.81. The highest BCUT2D eigenvalue weighted by molar-refractivity contribution is 6.27. The number of aliphatic carboxylic acids is 2. The minimum absolute atomic E-state index is 0.0460. The van der Waals surface area contributed by atoms with Crippen molar-refractivity contribution < 1.29 is 34.1 Å². The van der Waals surface area contributed by atoms with Crippen LogP contribution in [0.1, 0.15) is 40.5 Å². The molecule has 2 rings (SSSR count). The molecule has 1 amide bonds. The lowest BCUT2D eigenvalue weighted by atomic mass is 9.96. The largest absolute Gasteiger partial charge is 0.493 e. The van der Waals surface area contributed by atoms with E-state index in [4.69, 9.17) is 29.3 Å². The van der Waals surface area contributed by atoms with E-state index in [1.807, 2.05) is 18.2 Å². The van der Waals surface area contributed by atoms with Crippen molar-refractivity contribution in [2.45, 2.75) is 40.5 Å². The molecule has 1 aliphatic rings. The van der Waals surface area contributed by atoms with Crippen molar-refractivity contribution in [1.82, 2.24) is 4.90 Å². The molecule has 9 nitrogen and oxygen atoms in total. The fourth-order valence-electron chi connectivity index (χ4n) is 3.32. The monoisotopic (exact) mass is 452 g/mol. The summed E-state index contributed by atoms with van der Waals surface area (Å²) < 4.78 is 11.2. The summed E-state index contributed by atoms with van der Waals surface area (Å²) in [6.45, 7) is 12.3. The number of carboxylic acids is 2. The number of methoxy groups -OCH3 is 1. The first kappa shape index (κ1) is 27.2. The molecule has 32 heavy (non-hydrogen) atoms. The Morgan fingerprint density at radius 2 is 1.75 bits per heavy atom. The first-order valence-electron chi connectivity index (χ1n) is 10.8. The van der Waals surface area contributed by atoms with Gasteiger partial charge in [-0.15, -0.1) is 0 Å². The van der Waals surface area contributed by atoms with E-state index >= 15 is 0 Å². The fraction of sp³-hybridized carbons (Fsp3) is 0.609. The van der Waals surface area contributed by atoms with Gasteiger partial charge in [0.25, 0.3) is 0 Å². The van der Waals surface area contributed by atoms with Gasteiger partial charge in [0.2, 0.25) is 5.91 Å². The third kappa shape index (κ3) is 10.00. The molecule has 1 heterocycles. The zero-order valence-electron chi connectivity index (χ0n) is 19.6. The van der Waals surface area contributed by atoms with Gasteiger partial charge in [0, 0.05) is 24.8 Å². The molecular formula is C23H36N2O7. The Labute approximate surface area is 189 Å². The molecule has 180 valence electrons. The normalized spacial score (nSPS) is 16.2. The minimum Gasteiger partial charge on any atom is -0.493 e. The number of likely N-dealkylation sites (tertiary alicyclic amines) is 1.